The fourth-order valence-electron chi connectivity index (χ4n) is 7.88. The highest BCUT2D eigenvalue weighted by Gasteiger charge is 2.62. The van der Waals surface area contributed by atoms with Gasteiger partial charge in [-0.25, -0.2) is 18.0 Å². The van der Waals surface area contributed by atoms with E-state index in [1.807, 2.05) is 30.4 Å². The van der Waals surface area contributed by atoms with E-state index in [0.717, 1.165) is 24.0 Å². The number of nitrogens with one attached hydrogen (secondary N) is 3. The summed E-state index contributed by atoms with van der Waals surface area (Å²) in [6.07, 6.45) is 5.92. The summed E-state index contributed by atoms with van der Waals surface area (Å²) in [7, 11) is -0.787. The Morgan fingerprint density at radius 1 is 1.05 bits per heavy atom. The molecule has 2 aliphatic carbocycles. The molecule has 3 fully saturated rings. The van der Waals surface area contributed by atoms with Crippen LogP contribution in [0.4, 0.5) is 9.59 Å². The molecule has 3 aliphatic heterocycles. The maximum absolute atomic E-state index is 14.5. The Bertz CT molecular complexity index is 1830. The molecule has 0 aromatic heterocycles. The third kappa shape index (κ3) is 9.41. The van der Waals surface area contributed by atoms with E-state index in [1.54, 1.807) is 39.9 Å². The Kier molecular flexibility index (Phi) is 12.2. The number of ether oxygens (including phenoxy) is 4. The fourth-order valence-corrected chi connectivity index (χ4v) is 9.24. The first-order chi connectivity index (χ1) is 26.5. The Balaban J connectivity index is 1.27. The van der Waals surface area contributed by atoms with Gasteiger partial charge in [-0.1, -0.05) is 31.1 Å². The van der Waals surface area contributed by atoms with Crippen LogP contribution >= 0.6 is 0 Å². The van der Waals surface area contributed by atoms with E-state index in [2.05, 4.69) is 15.4 Å². The van der Waals surface area contributed by atoms with Gasteiger partial charge in [-0.2, -0.15) is 0 Å². The Morgan fingerprint density at radius 3 is 2.52 bits per heavy atom. The molecule has 6 atom stereocenters. The minimum Gasteiger partial charge on any atom is -0.497 e. The molecule has 5 amide bonds. The van der Waals surface area contributed by atoms with Gasteiger partial charge in [-0.05, 0) is 89.0 Å². The number of hydrogen-bond donors (Lipinski definition) is 3. The van der Waals surface area contributed by atoms with E-state index in [9.17, 15) is 32.4 Å². The quantitative estimate of drug-likeness (QED) is 0.326. The van der Waals surface area contributed by atoms with E-state index in [0.29, 0.717) is 44.4 Å². The van der Waals surface area contributed by atoms with Gasteiger partial charge in [-0.15, -0.1) is 0 Å². The van der Waals surface area contributed by atoms with E-state index >= 15 is 0 Å². The maximum atomic E-state index is 14.5. The number of allylic oxidation sites excluding steroid dienone is 1. The third-order valence-corrected chi connectivity index (χ3v) is 12.9. The minimum atomic E-state index is -3.92. The van der Waals surface area contributed by atoms with Crippen LogP contribution in [0.15, 0.2) is 30.4 Å². The topological polar surface area (TPSA) is 199 Å². The van der Waals surface area contributed by atoms with Crippen molar-refractivity contribution in [3.05, 3.63) is 41.5 Å². The monoisotopic (exact) mass is 801 g/mol. The number of benzene rings is 1. The van der Waals surface area contributed by atoms with Crippen LogP contribution in [0.25, 0.3) is 0 Å². The molecule has 17 heteroatoms. The van der Waals surface area contributed by atoms with E-state index in [4.69, 9.17) is 18.9 Å². The minimum absolute atomic E-state index is 0.0996. The van der Waals surface area contributed by atoms with Gasteiger partial charge in [0.15, 0.2) is 0 Å². The smallest absolute Gasteiger partial charge is 0.410 e. The summed E-state index contributed by atoms with van der Waals surface area (Å²) in [4.78, 5) is 72.4. The number of carbonyl (C=O) groups is 5. The molecule has 308 valence electrons. The highest BCUT2D eigenvalue weighted by Crippen LogP contribution is 2.46. The molecule has 0 bridgehead atoms. The maximum Gasteiger partial charge on any atom is 0.410 e. The lowest BCUT2D eigenvalue weighted by Gasteiger charge is -2.37. The molecule has 0 radical (unpaired) electrons. The number of nitrogens with zero attached hydrogens (tertiary/aromatic N) is 2. The first-order valence-corrected chi connectivity index (χ1v) is 21.1. The average Bonchev–Trinajstić information content (AvgIpc) is 4.06. The van der Waals surface area contributed by atoms with E-state index in [-0.39, 0.29) is 32.4 Å². The summed E-state index contributed by atoms with van der Waals surface area (Å²) in [6.45, 7) is 5.48. The van der Waals surface area contributed by atoms with Gasteiger partial charge in [0.25, 0.3) is 5.91 Å². The molecular formula is C39H55N5O11S. The fraction of sp³-hybridized carbons (Fsp3) is 0.667. The normalized spacial score (nSPS) is 28.9. The summed E-state index contributed by atoms with van der Waals surface area (Å²) in [6, 6.07) is 2.90. The van der Waals surface area contributed by atoms with Crippen LogP contribution in [0.3, 0.4) is 0 Å². The lowest BCUT2D eigenvalue weighted by molar-refractivity contribution is -0.141. The zero-order valence-corrected chi connectivity index (χ0v) is 33.7. The molecule has 1 unspecified atom stereocenters. The Hall–Kier alpha value is -4.38. The van der Waals surface area contributed by atoms with Crippen molar-refractivity contribution >= 4 is 39.9 Å². The molecule has 1 aromatic carbocycles. The number of sulfonamides is 1. The van der Waals surface area contributed by atoms with Crippen molar-refractivity contribution in [3.8, 4) is 5.75 Å². The predicted molar refractivity (Wildman–Crippen MR) is 203 cm³/mol. The van der Waals surface area contributed by atoms with Gasteiger partial charge in [-0.3, -0.25) is 24.0 Å². The second kappa shape index (κ2) is 16.6. The SMILES string of the molecule is COC[C@@H]1c2ccc(OC)cc2CCN1C(=O)O[C@@H]1CC2C(=O)N[C@]3(C(=O)NS(=O)(=O)C4CC4)C[C@H]3/C=C\CCCCC[C@H](NC(=O)OC(C)(C)C)C(=O)N2C1. The van der Waals surface area contributed by atoms with E-state index in [1.165, 1.54) is 4.90 Å². The van der Waals surface area contributed by atoms with Gasteiger partial charge in [0, 0.05) is 26.0 Å². The molecule has 2 saturated carbocycles. The highest BCUT2D eigenvalue weighted by atomic mass is 32.2. The van der Waals surface area contributed by atoms with Crippen LogP contribution in [0, 0.1) is 5.92 Å². The summed E-state index contributed by atoms with van der Waals surface area (Å²) in [5.74, 6) is -1.86. The number of alkyl carbamates (subject to hydrolysis) is 1. The van der Waals surface area contributed by atoms with Gasteiger partial charge in [0.1, 0.15) is 35.1 Å². The van der Waals surface area contributed by atoms with Crippen LogP contribution in [0.5, 0.6) is 5.75 Å². The summed E-state index contributed by atoms with van der Waals surface area (Å²) in [5, 5.41) is 4.88. The van der Waals surface area contributed by atoms with Crippen molar-refractivity contribution in [1.29, 1.82) is 0 Å². The molecule has 6 rings (SSSR count). The molecule has 1 saturated heterocycles. The Labute approximate surface area is 328 Å². The molecule has 3 heterocycles. The molecule has 0 spiro atoms. The van der Waals surface area contributed by atoms with Crippen molar-refractivity contribution in [1.82, 2.24) is 25.2 Å². The number of amides is 5. The van der Waals surface area contributed by atoms with E-state index < -0.39 is 86.5 Å². The van der Waals surface area contributed by atoms with Crippen LogP contribution in [-0.2, 0) is 45.0 Å². The number of rotatable bonds is 8. The Morgan fingerprint density at radius 2 is 1.82 bits per heavy atom. The zero-order valence-electron chi connectivity index (χ0n) is 32.8. The molecule has 56 heavy (non-hydrogen) atoms. The predicted octanol–water partition coefficient (Wildman–Crippen LogP) is 3.24. The molecule has 1 aromatic rings. The lowest BCUT2D eigenvalue weighted by Crippen LogP contribution is -2.58. The lowest BCUT2D eigenvalue weighted by atomic mass is 9.93. The van der Waals surface area contributed by atoms with Crippen molar-refractivity contribution in [2.24, 2.45) is 5.92 Å². The number of fused-ring (bicyclic) bond motifs is 3. The summed E-state index contributed by atoms with van der Waals surface area (Å²) >= 11 is 0. The number of methoxy groups -OCH3 is 2. The first-order valence-electron chi connectivity index (χ1n) is 19.5. The van der Waals surface area contributed by atoms with Crippen LogP contribution in [0.1, 0.15) is 95.7 Å². The third-order valence-electron chi connectivity index (χ3n) is 11.1. The second-order valence-electron chi connectivity index (χ2n) is 16.4. The van der Waals surface area contributed by atoms with Gasteiger partial charge >= 0.3 is 12.2 Å². The summed E-state index contributed by atoms with van der Waals surface area (Å²) < 4.78 is 50.3. The first kappa shape index (κ1) is 41.3. The number of hydrogen-bond acceptors (Lipinski definition) is 11. The number of carbonyl (C=O) groups excluding carboxylic acids is 5. The highest BCUT2D eigenvalue weighted by molar-refractivity contribution is 7.91. The van der Waals surface area contributed by atoms with Crippen LogP contribution < -0.4 is 20.1 Å². The van der Waals surface area contributed by atoms with Crippen molar-refractivity contribution in [3.63, 3.8) is 0 Å². The van der Waals surface area contributed by atoms with Gasteiger partial charge in [0.2, 0.25) is 21.8 Å². The zero-order chi connectivity index (χ0) is 40.4. The van der Waals surface area contributed by atoms with Gasteiger partial charge < -0.3 is 34.5 Å². The largest absolute Gasteiger partial charge is 0.497 e. The molecule has 16 nitrogen and oxygen atoms in total. The van der Waals surface area contributed by atoms with Gasteiger partial charge in [0.05, 0.1) is 31.6 Å². The molecule has 3 N–H and O–H groups in total. The van der Waals surface area contributed by atoms with Crippen LogP contribution in [0.2, 0.25) is 0 Å². The summed E-state index contributed by atoms with van der Waals surface area (Å²) in [5.41, 5.74) is -0.478. The van der Waals surface area contributed by atoms with Crippen molar-refractivity contribution < 1.29 is 51.3 Å². The van der Waals surface area contributed by atoms with Crippen molar-refractivity contribution in [2.75, 3.05) is 33.9 Å². The molecular weight excluding hydrogens is 747 g/mol. The van der Waals surface area contributed by atoms with Crippen molar-refractivity contribution in [2.45, 2.75) is 126 Å². The standard InChI is InChI=1S/C39H55N5O11S/c1-38(2,3)55-36(48)40-30-12-10-8-6-7-9-11-25-21-39(25,35(47)42-56(50,51)28-14-15-28)41-33(45)31-20-27(22-44(31)34(30)46)54-37(49)43-18-17-24-19-26(53-5)13-16-29(24)32(43)23-52-4/h9,11,13,16,19,25,27-28,30-32H,6-8,10,12,14-15,17-18,20-23H2,1-5H3,(H,40,48)(H,41,45)(H,42,47)/b11-9-/t25-,27-,30+,31?,32-,39-/m1/s1. The van der Waals surface area contributed by atoms with Crippen LogP contribution in [-0.4, -0.2) is 117 Å². The molecule has 5 aliphatic rings. The average molecular weight is 802 g/mol. The second-order valence-corrected chi connectivity index (χ2v) is 18.4.